The van der Waals surface area contributed by atoms with Crippen LogP contribution in [0.1, 0.15) is 40.5 Å². The zero-order chi connectivity index (χ0) is 13.5. The van der Waals surface area contributed by atoms with Crippen molar-refractivity contribution in [1.82, 2.24) is 10.2 Å². The van der Waals surface area contributed by atoms with Crippen LogP contribution in [0.2, 0.25) is 0 Å². The van der Waals surface area contributed by atoms with Crippen molar-refractivity contribution < 1.29 is 9.53 Å². The highest BCUT2D eigenvalue weighted by molar-refractivity contribution is 5.72. The summed E-state index contributed by atoms with van der Waals surface area (Å²) in [5.74, 6) is -0.128. The molecule has 0 saturated carbocycles. The maximum absolute atomic E-state index is 11.7. The summed E-state index contributed by atoms with van der Waals surface area (Å²) in [5, 5.41) is 3.51. The summed E-state index contributed by atoms with van der Waals surface area (Å²) in [6, 6.07) is 1.05. The second kappa shape index (κ2) is 7.74. The molecule has 1 aliphatic heterocycles. The van der Waals surface area contributed by atoms with Gasteiger partial charge in [0.2, 0.25) is 0 Å². The fourth-order valence-corrected chi connectivity index (χ4v) is 2.40. The third kappa shape index (κ3) is 4.94. The van der Waals surface area contributed by atoms with Crippen LogP contribution in [0.3, 0.4) is 0 Å². The van der Waals surface area contributed by atoms with E-state index in [0.717, 1.165) is 19.6 Å². The Balaban J connectivity index is 2.43. The van der Waals surface area contributed by atoms with Crippen LogP contribution in [0.25, 0.3) is 0 Å². The molecule has 0 aromatic rings. The zero-order valence-electron chi connectivity index (χ0n) is 12.2. The minimum atomic E-state index is -0.0810. The SMILES string of the molecule is CCOC(=O)C(C)CN(CC1CCCN1)C(C)C. The summed E-state index contributed by atoms with van der Waals surface area (Å²) in [4.78, 5) is 14.1. The summed E-state index contributed by atoms with van der Waals surface area (Å²) in [6.45, 7) is 11.6. The molecule has 0 spiro atoms. The molecule has 0 aliphatic carbocycles. The Morgan fingerprint density at radius 3 is 2.67 bits per heavy atom. The highest BCUT2D eigenvalue weighted by Crippen LogP contribution is 2.12. The molecular formula is C14H28N2O2. The lowest BCUT2D eigenvalue weighted by Gasteiger charge is -2.31. The molecule has 1 saturated heterocycles. The molecule has 0 amide bonds. The number of carbonyl (C=O) groups excluding carboxylic acids is 1. The molecule has 0 bridgehead atoms. The van der Waals surface area contributed by atoms with Crippen molar-refractivity contribution in [3.63, 3.8) is 0 Å². The average Bonchev–Trinajstić information content (AvgIpc) is 2.81. The first-order valence-corrected chi connectivity index (χ1v) is 7.18. The molecular weight excluding hydrogens is 228 g/mol. The van der Waals surface area contributed by atoms with E-state index < -0.39 is 0 Å². The number of rotatable bonds is 7. The van der Waals surface area contributed by atoms with Gasteiger partial charge in [0.25, 0.3) is 0 Å². The van der Waals surface area contributed by atoms with Crippen molar-refractivity contribution in [3.8, 4) is 0 Å². The third-order valence-corrected chi connectivity index (χ3v) is 3.54. The standard InChI is InChI=1S/C14H28N2O2/c1-5-18-14(17)12(4)9-16(11(2)3)10-13-7-6-8-15-13/h11-13,15H,5-10H2,1-4H3. The van der Waals surface area contributed by atoms with Crippen molar-refractivity contribution in [2.45, 2.75) is 52.6 Å². The maximum Gasteiger partial charge on any atom is 0.309 e. The zero-order valence-corrected chi connectivity index (χ0v) is 12.2. The topological polar surface area (TPSA) is 41.6 Å². The predicted octanol–water partition coefficient (Wildman–Crippen LogP) is 1.65. The Kier molecular flexibility index (Phi) is 6.65. The maximum atomic E-state index is 11.7. The van der Waals surface area contributed by atoms with Crippen LogP contribution in [-0.4, -0.2) is 49.2 Å². The van der Waals surface area contributed by atoms with Gasteiger partial charge < -0.3 is 10.1 Å². The molecule has 1 rings (SSSR count). The molecule has 1 N–H and O–H groups in total. The smallest absolute Gasteiger partial charge is 0.309 e. The van der Waals surface area contributed by atoms with E-state index in [0.29, 0.717) is 18.7 Å². The predicted molar refractivity (Wildman–Crippen MR) is 73.5 cm³/mol. The van der Waals surface area contributed by atoms with E-state index in [2.05, 4.69) is 24.1 Å². The van der Waals surface area contributed by atoms with Gasteiger partial charge in [0.1, 0.15) is 0 Å². The lowest BCUT2D eigenvalue weighted by atomic mass is 10.1. The fraction of sp³-hybridized carbons (Fsp3) is 0.929. The molecule has 2 atom stereocenters. The first-order valence-electron chi connectivity index (χ1n) is 7.18. The van der Waals surface area contributed by atoms with Gasteiger partial charge in [0.15, 0.2) is 0 Å². The van der Waals surface area contributed by atoms with Gasteiger partial charge in [0, 0.05) is 25.2 Å². The number of nitrogens with one attached hydrogen (secondary N) is 1. The fourth-order valence-electron chi connectivity index (χ4n) is 2.40. The highest BCUT2D eigenvalue weighted by Gasteiger charge is 2.23. The number of esters is 1. The second-order valence-corrected chi connectivity index (χ2v) is 5.49. The van der Waals surface area contributed by atoms with E-state index in [1.807, 2.05) is 13.8 Å². The van der Waals surface area contributed by atoms with E-state index in [9.17, 15) is 4.79 Å². The van der Waals surface area contributed by atoms with Gasteiger partial charge in [-0.15, -0.1) is 0 Å². The molecule has 0 radical (unpaired) electrons. The minimum Gasteiger partial charge on any atom is -0.466 e. The van der Waals surface area contributed by atoms with E-state index in [4.69, 9.17) is 4.74 Å². The molecule has 0 aromatic heterocycles. The molecule has 2 unspecified atom stereocenters. The lowest BCUT2D eigenvalue weighted by molar-refractivity contribution is -0.148. The van der Waals surface area contributed by atoms with Gasteiger partial charge in [-0.1, -0.05) is 6.92 Å². The molecule has 1 fully saturated rings. The summed E-state index contributed by atoms with van der Waals surface area (Å²) >= 11 is 0. The molecule has 0 aromatic carbocycles. The molecule has 1 heterocycles. The lowest BCUT2D eigenvalue weighted by Crippen LogP contribution is -2.44. The Morgan fingerprint density at radius 2 is 2.17 bits per heavy atom. The van der Waals surface area contributed by atoms with Gasteiger partial charge in [0.05, 0.1) is 12.5 Å². The number of hydrogen-bond acceptors (Lipinski definition) is 4. The molecule has 18 heavy (non-hydrogen) atoms. The van der Waals surface area contributed by atoms with Crippen LogP contribution < -0.4 is 5.32 Å². The van der Waals surface area contributed by atoms with E-state index in [-0.39, 0.29) is 11.9 Å². The van der Waals surface area contributed by atoms with Crippen LogP contribution in [0, 0.1) is 5.92 Å². The van der Waals surface area contributed by atoms with Crippen molar-refractivity contribution in [3.05, 3.63) is 0 Å². The molecule has 106 valence electrons. The Bertz CT molecular complexity index is 250. The number of hydrogen-bond donors (Lipinski definition) is 1. The van der Waals surface area contributed by atoms with Gasteiger partial charge in [-0.25, -0.2) is 0 Å². The summed E-state index contributed by atoms with van der Waals surface area (Å²) in [7, 11) is 0. The van der Waals surface area contributed by atoms with Gasteiger partial charge in [-0.05, 0) is 40.2 Å². The van der Waals surface area contributed by atoms with Gasteiger partial charge >= 0.3 is 5.97 Å². The Labute approximate surface area is 111 Å². The largest absolute Gasteiger partial charge is 0.466 e. The van der Waals surface area contributed by atoms with Crippen LogP contribution in [0.4, 0.5) is 0 Å². The summed E-state index contributed by atoms with van der Waals surface area (Å²) in [5.41, 5.74) is 0. The quantitative estimate of drug-likeness (QED) is 0.703. The van der Waals surface area contributed by atoms with Crippen LogP contribution in [0.15, 0.2) is 0 Å². The summed E-state index contributed by atoms with van der Waals surface area (Å²) in [6.07, 6.45) is 2.51. The first-order chi connectivity index (χ1) is 8.54. The van der Waals surface area contributed by atoms with Crippen LogP contribution in [0.5, 0.6) is 0 Å². The number of carbonyl (C=O) groups is 1. The minimum absolute atomic E-state index is 0.0475. The monoisotopic (exact) mass is 256 g/mol. The molecule has 4 heteroatoms. The molecule has 4 nitrogen and oxygen atoms in total. The van der Waals surface area contributed by atoms with E-state index in [1.165, 1.54) is 12.8 Å². The highest BCUT2D eigenvalue weighted by atomic mass is 16.5. The third-order valence-electron chi connectivity index (χ3n) is 3.54. The van der Waals surface area contributed by atoms with Crippen molar-refractivity contribution >= 4 is 5.97 Å². The summed E-state index contributed by atoms with van der Waals surface area (Å²) < 4.78 is 5.07. The van der Waals surface area contributed by atoms with Crippen LogP contribution in [-0.2, 0) is 9.53 Å². The van der Waals surface area contributed by atoms with Crippen molar-refractivity contribution in [2.75, 3.05) is 26.2 Å². The first kappa shape index (κ1) is 15.4. The Hall–Kier alpha value is -0.610. The average molecular weight is 256 g/mol. The van der Waals surface area contributed by atoms with Crippen LogP contribution >= 0.6 is 0 Å². The van der Waals surface area contributed by atoms with Gasteiger partial charge in [-0.3, -0.25) is 9.69 Å². The molecule has 1 aliphatic rings. The van der Waals surface area contributed by atoms with Crippen molar-refractivity contribution in [2.24, 2.45) is 5.92 Å². The second-order valence-electron chi connectivity index (χ2n) is 5.49. The van der Waals surface area contributed by atoms with Gasteiger partial charge in [-0.2, -0.15) is 0 Å². The normalized spacial score (nSPS) is 21.6. The number of ether oxygens (including phenoxy) is 1. The number of nitrogens with zero attached hydrogens (tertiary/aromatic N) is 1. The van der Waals surface area contributed by atoms with Crippen molar-refractivity contribution in [1.29, 1.82) is 0 Å². The van der Waals surface area contributed by atoms with E-state index >= 15 is 0 Å². The Morgan fingerprint density at radius 1 is 1.44 bits per heavy atom. The van der Waals surface area contributed by atoms with E-state index in [1.54, 1.807) is 0 Å².